The molecule has 19 heavy (non-hydrogen) atoms. The number of nitrogens with two attached hydrogens (primary N) is 1. The van der Waals surface area contributed by atoms with Crippen LogP contribution in [0.5, 0.6) is 0 Å². The van der Waals surface area contributed by atoms with Crippen LogP contribution in [0.3, 0.4) is 0 Å². The smallest absolute Gasteiger partial charge is 0.0605 e. The lowest BCUT2D eigenvalue weighted by molar-refractivity contribution is 0.741. The van der Waals surface area contributed by atoms with Gasteiger partial charge in [-0.05, 0) is 43.2 Å². The zero-order valence-electron chi connectivity index (χ0n) is 11.5. The second-order valence-corrected chi connectivity index (χ2v) is 5.28. The Labute approximate surface area is 119 Å². The molecule has 0 amide bonds. The third-order valence-corrected chi connectivity index (χ3v) is 3.85. The lowest BCUT2D eigenvalue weighted by atomic mass is 10.1. The van der Waals surface area contributed by atoms with Crippen molar-refractivity contribution >= 4 is 23.0 Å². The maximum Gasteiger partial charge on any atom is 0.0605 e. The Bertz CT molecular complexity index is 581. The summed E-state index contributed by atoms with van der Waals surface area (Å²) < 4.78 is 0. The molecule has 0 bridgehead atoms. The van der Waals surface area contributed by atoms with Gasteiger partial charge in [-0.2, -0.15) is 0 Å². The minimum atomic E-state index is 0.165. The van der Waals surface area contributed by atoms with Gasteiger partial charge in [-0.1, -0.05) is 35.9 Å². The summed E-state index contributed by atoms with van der Waals surface area (Å²) in [5.74, 6) is 0. The van der Waals surface area contributed by atoms with Crippen LogP contribution >= 0.6 is 11.6 Å². The highest BCUT2D eigenvalue weighted by molar-refractivity contribution is 6.31. The highest BCUT2D eigenvalue weighted by atomic mass is 35.5. The van der Waals surface area contributed by atoms with Crippen molar-refractivity contribution in [3.05, 3.63) is 58.6 Å². The molecule has 3 heteroatoms. The summed E-state index contributed by atoms with van der Waals surface area (Å²) >= 11 is 6.26. The first kappa shape index (κ1) is 13.8. The maximum absolute atomic E-state index is 6.26. The molecule has 0 saturated carbocycles. The topological polar surface area (TPSA) is 29.3 Å². The summed E-state index contributed by atoms with van der Waals surface area (Å²) in [4.78, 5) is 2.16. The van der Waals surface area contributed by atoms with Gasteiger partial charge in [0.25, 0.3) is 0 Å². The minimum Gasteiger partial charge on any atom is -0.397 e. The Morgan fingerprint density at radius 1 is 1.16 bits per heavy atom. The molecule has 0 aliphatic rings. The number of halogens is 1. The van der Waals surface area contributed by atoms with E-state index in [9.17, 15) is 0 Å². The molecular formula is C16H19ClN2. The van der Waals surface area contributed by atoms with Crippen LogP contribution in [0.2, 0.25) is 5.02 Å². The van der Waals surface area contributed by atoms with Crippen LogP contribution in [0.15, 0.2) is 42.5 Å². The van der Waals surface area contributed by atoms with Crippen LogP contribution in [0.4, 0.5) is 11.4 Å². The lowest BCUT2D eigenvalue weighted by Gasteiger charge is -2.29. The molecule has 2 aromatic carbocycles. The van der Waals surface area contributed by atoms with Crippen LogP contribution in [0, 0.1) is 6.92 Å². The summed E-state index contributed by atoms with van der Waals surface area (Å²) in [6.07, 6.45) is 0. The fourth-order valence-corrected chi connectivity index (χ4v) is 2.48. The second kappa shape index (κ2) is 5.54. The van der Waals surface area contributed by atoms with E-state index in [2.05, 4.69) is 30.9 Å². The van der Waals surface area contributed by atoms with Gasteiger partial charge < -0.3 is 10.6 Å². The van der Waals surface area contributed by atoms with E-state index in [1.165, 1.54) is 5.56 Å². The van der Waals surface area contributed by atoms with Gasteiger partial charge in [0.2, 0.25) is 0 Å². The number of aryl methyl sites for hydroxylation is 1. The number of rotatable bonds is 3. The fraction of sp³-hybridized carbons (Fsp3) is 0.250. The quantitative estimate of drug-likeness (QED) is 0.839. The zero-order chi connectivity index (χ0) is 14.0. The van der Waals surface area contributed by atoms with E-state index in [1.54, 1.807) is 0 Å². The summed E-state index contributed by atoms with van der Waals surface area (Å²) in [6, 6.07) is 14.1. The molecule has 2 N–H and O–H groups in total. The molecule has 0 saturated heterocycles. The lowest BCUT2D eigenvalue weighted by Crippen LogP contribution is -2.23. The van der Waals surface area contributed by atoms with Crippen molar-refractivity contribution in [1.29, 1.82) is 0 Å². The van der Waals surface area contributed by atoms with Crippen LogP contribution in [-0.2, 0) is 0 Å². The number of nitrogens with zero attached hydrogens (tertiary/aromatic N) is 1. The first-order valence-corrected chi connectivity index (χ1v) is 6.72. The molecule has 1 atom stereocenters. The third-order valence-electron chi connectivity index (χ3n) is 3.50. The van der Waals surface area contributed by atoms with Gasteiger partial charge in [0.05, 0.1) is 17.4 Å². The Balaban J connectivity index is 2.36. The van der Waals surface area contributed by atoms with Crippen molar-refractivity contribution in [3.8, 4) is 0 Å². The van der Waals surface area contributed by atoms with E-state index < -0.39 is 0 Å². The van der Waals surface area contributed by atoms with Crippen molar-refractivity contribution < 1.29 is 0 Å². The van der Waals surface area contributed by atoms with Crippen molar-refractivity contribution in [2.45, 2.75) is 19.9 Å². The summed E-state index contributed by atoms with van der Waals surface area (Å²) in [5, 5.41) is 0.785. The first-order chi connectivity index (χ1) is 9.00. The Hall–Kier alpha value is -1.67. The van der Waals surface area contributed by atoms with E-state index in [0.717, 1.165) is 22.0 Å². The number of benzene rings is 2. The largest absolute Gasteiger partial charge is 0.397 e. The zero-order valence-corrected chi connectivity index (χ0v) is 12.3. The van der Waals surface area contributed by atoms with Gasteiger partial charge in [-0.25, -0.2) is 0 Å². The second-order valence-electron chi connectivity index (χ2n) is 4.87. The monoisotopic (exact) mass is 274 g/mol. The van der Waals surface area contributed by atoms with Crippen LogP contribution < -0.4 is 10.6 Å². The molecule has 0 aromatic heterocycles. The van der Waals surface area contributed by atoms with E-state index in [0.29, 0.717) is 0 Å². The maximum atomic E-state index is 6.26. The fourth-order valence-electron chi connectivity index (χ4n) is 2.19. The number of anilines is 2. The van der Waals surface area contributed by atoms with Crippen molar-refractivity contribution in [2.75, 3.05) is 17.7 Å². The first-order valence-electron chi connectivity index (χ1n) is 6.34. The Morgan fingerprint density at radius 2 is 1.84 bits per heavy atom. The average molecular weight is 275 g/mol. The minimum absolute atomic E-state index is 0.165. The predicted molar refractivity (Wildman–Crippen MR) is 83.9 cm³/mol. The molecule has 2 nitrogen and oxygen atoms in total. The average Bonchev–Trinajstić information content (AvgIpc) is 2.40. The summed E-state index contributed by atoms with van der Waals surface area (Å²) in [5.41, 5.74) is 10.2. The van der Waals surface area contributed by atoms with Gasteiger partial charge in [-0.3, -0.25) is 0 Å². The molecule has 0 fully saturated rings. The molecule has 0 aliphatic carbocycles. The van der Waals surface area contributed by atoms with Crippen molar-refractivity contribution in [3.63, 3.8) is 0 Å². The molecular weight excluding hydrogens is 256 g/mol. The molecule has 0 heterocycles. The van der Waals surface area contributed by atoms with Gasteiger partial charge in [0.15, 0.2) is 0 Å². The number of nitrogen functional groups attached to an aromatic ring is 1. The molecule has 0 radical (unpaired) electrons. The van der Waals surface area contributed by atoms with Crippen molar-refractivity contribution in [1.82, 2.24) is 0 Å². The normalized spacial score (nSPS) is 12.2. The van der Waals surface area contributed by atoms with E-state index >= 15 is 0 Å². The third kappa shape index (κ3) is 2.85. The Morgan fingerprint density at radius 3 is 2.53 bits per heavy atom. The van der Waals surface area contributed by atoms with Gasteiger partial charge in [0, 0.05) is 12.1 Å². The van der Waals surface area contributed by atoms with E-state index in [-0.39, 0.29) is 6.04 Å². The highest BCUT2D eigenvalue weighted by Gasteiger charge is 2.16. The SMILES string of the molecule is Cc1ccc(N)c(N(C)C(C)c2ccccc2Cl)c1. The molecule has 100 valence electrons. The van der Waals surface area contributed by atoms with Gasteiger partial charge >= 0.3 is 0 Å². The number of hydrogen-bond acceptors (Lipinski definition) is 2. The Kier molecular flexibility index (Phi) is 4.01. The highest BCUT2D eigenvalue weighted by Crippen LogP contribution is 2.33. The van der Waals surface area contributed by atoms with Crippen LogP contribution in [0.1, 0.15) is 24.1 Å². The van der Waals surface area contributed by atoms with Crippen molar-refractivity contribution in [2.24, 2.45) is 0 Å². The van der Waals surface area contributed by atoms with E-state index in [1.807, 2.05) is 37.4 Å². The summed E-state index contributed by atoms with van der Waals surface area (Å²) in [6.45, 7) is 4.19. The molecule has 1 unspecified atom stereocenters. The van der Waals surface area contributed by atoms with Gasteiger partial charge in [-0.15, -0.1) is 0 Å². The molecule has 0 aliphatic heterocycles. The van der Waals surface area contributed by atoms with Gasteiger partial charge in [0.1, 0.15) is 0 Å². The number of hydrogen-bond donors (Lipinski definition) is 1. The van der Waals surface area contributed by atoms with Crippen LogP contribution in [0.25, 0.3) is 0 Å². The van der Waals surface area contributed by atoms with E-state index in [4.69, 9.17) is 17.3 Å². The summed E-state index contributed by atoms with van der Waals surface area (Å²) in [7, 11) is 2.04. The molecule has 0 spiro atoms. The molecule has 2 aromatic rings. The molecule has 2 rings (SSSR count). The van der Waals surface area contributed by atoms with Crippen LogP contribution in [-0.4, -0.2) is 7.05 Å². The standard InChI is InChI=1S/C16H19ClN2/c1-11-8-9-15(18)16(10-11)19(3)12(2)13-6-4-5-7-14(13)17/h4-10,12H,18H2,1-3H3. The predicted octanol–water partition coefficient (Wildman–Crippen LogP) is 4.43.